The van der Waals surface area contributed by atoms with Crippen molar-refractivity contribution in [2.24, 2.45) is 0 Å². The van der Waals surface area contributed by atoms with Gasteiger partial charge in [0.1, 0.15) is 0 Å². The lowest BCUT2D eigenvalue weighted by molar-refractivity contribution is 0.191. The standard InChI is InChI=1S/C18H29N3O3S/c1-5-15-7-9-16(10-8-15)25(23,24)21-12-6-11-20(13-14-21)17(22)19-18(2,3)4/h7-10H,5-6,11-14H2,1-4H3,(H,19,22). The van der Waals surface area contributed by atoms with Crippen molar-refractivity contribution >= 4 is 16.1 Å². The largest absolute Gasteiger partial charge is 0.333 e. The molecular weight excluding hydrogens is 338 g/mol. The first-order valence-electron chi connectivity index (χ1n) is 8.79. The monoisotopic (exact) mass is 367 g/mol. The van der Waals surface area contributed by atoms with E-state index in [9.17, 15) is 13.2 Å². The number of urea groups is 1. The van der Waals surface area contributed by atoms with E-state index in [-0.39, 0.29) is 11.6 Å². The molecule has 0 unspecified atom stereocenters. The molecule has 0 atom stereocenters. The van der Waals surface area contributed by atoms with Gasteiger partial charge in [0.15, 0.2) is 0 Å². The Morgan fingerprint density at radius 2 is 1.72 bits per heavy atom. The Labute approximate surface area is 151 Å². The molecule has 1 aromatic carbocycles. The number of carbonyl (C=O) groups excluding carboxylic acids is 1. The zero-order valence-electron chi connectivity index (χ0n) is 15.6. The quantitative estimate of drug-likeness (QED) is 0.892. The van der Waals surface area contributed by atoms with E-state index in [0.29, 0.717) is 37.5 Å². The van der Waals surface area contributed by atoms with Crippen LogP contribution in [0.3, 0.4) is 0 Å². The van der Waals surface area contributed by atoms with E-state index in [1.807, 2.05) is 39.8 Å². The van der Waals surface area contributed by atoms with Crippen molar-refractivity contribution in [1.29, 1.82) is 0 Å². The van der Waals surface area contributed by atoms with Gasteiger partial charge in [-0.1, -0.05) is 19.1 Å². The van der Waals surface area contributed by atoms with E-state index >= 15 is 0 Å². The van der Waals surface area contributed by atoms with E-state index in [1.54, 1.807) is 17.0 Å². The van der Waals surface area contributed by atoms with Gasteiger partial charge in [-0.3, -0.25) is 0 Å². The number of sulfonamides is 1. The summed E-state index contributed by atoms with van der Waals surface area (Å²) in [5.41, 5.74) is 0.802. The highest BCUT2D eigenvalue weighted by molar-refractivity contribution is 7.89. The lowest BCUT2D eigenvalue weighted by Crippen LogP contribution is -2.49. The maximum Gasteiger partial charge on any atom is 0.317 e. The second kappa shape index (κ2) is 7.74. The third-order valence-electron chi connectivity index (χ3n) is 4.19. The third-order valence-corrected chi connectivity index (χ3v) is 6.11. The number of rotatable bonds is 3. The lowest BCUT2D eigenvalue weighted by atomic mass is 10.1. The van der Waals surface area contributed by atoms with Crippen molar-refractivity contribution in [2.75, 3.05) is 26.2 Å². The Kier molecular flexibility index (Phi) is 6.11. The number of carbonyl (C=O) groups is 1. The third kappa shape index (κ3) is 5.19. The number of hydrogen-bond acceptors (Lipinski definition) is 3. The maximum atomic E-state index is 12.9. The molecule has 0 spiro atoms. The fraction of sp³-hybridized carbons (Fsp3) is 0.611. The van der Waals surface area contributed by atoms with Crippen LogP contribution in [0.2, 0.25) is 0 Å². The Hall–Kier alpha value is -1.60. The number of nitrogens with zero attached hydrogens (tertiary/aromatic N) is 2. The Balaban J connectivity index is 2.07. The number of amides is 2. The summed E-state index contributed by atoms with van der Waals surface area (Å²) in [7, 11) is -3.52. The van der Waals surface area contributed by atoms with Crippen LogP contribution in [0.5, 0.6) is 0 Å². The van der Waals surface area contributed by atoms with Crippen molar-refractivity contribution in [3.05, 3.63) is 29.8 Å². The topological polar surface area (TPSA) is 69.7 Å². The first kappa shape index (κ1) is 19.7. The fourth-order valence-corrected chi connectivity index (χ4v) is 4.25. The second-order valence-corrected chi connectivity index (χ2v) is 9.36. The minimum Gasteiger partial charge on any atom is -0.333 e. The summed E-state index contributed by atoms with van der Waals surface area (Å²) in [6.45, 7) is 9.53. The summed E-state index contributed by atoms with van der Waals surface area (Å²) in [6.07, 6.45) is 1.51. The minimum atomic E-state index is -3.52. The zero-order valence-corrected chi connectivity index (χ0v) is 16.4. The van der Waals surface area contributed by atoms with E-state index in [2.05, 4.69) is 5.32 Å². The highest BCUT2D eigenvalue weighted by atomic mass is 32.2. The van der Waals surface area contributed by atoms with Gasteiger partial charge in [-0.15, -0.1) is 0 Å². The molecule has 2 rings (SSSR count). The number of nitrogens with one attached hydrogen (secondary N) is 1. The van der Waals surface area contributed by atoms with Crippen LogP contribution in [-0.4, -0.2) is 55.4 Å². The Morgan fingerprint density at radius 3 is 2.28 bits per heavy atom. The summed E-state index contributed by atoms with van der Waals surface area (Å²) in [4.78, 5) is 14.3. The zero-order chi connectivity index (χ0) is 18.7. The minimum absolute atomic E-state index is 0.140. The average molecular weight is 368 g/mol. The van der Waals surface area contributed by atoms with Crippen molar-refractivity contribution in [3.63, 3.8) is 0 Å². The molecule has 0 bridgehead atoms. The molecule has 6 nitrogen and oxygen atoms in total. The molecule has 0 saturated carbocycles. The smallest absolute Gasteiger partial charge is 0.317 e. The number of hydrogen-bond donors (Lipinski definition) is 1. The van der Waals surface area contributed by atoms with Crippen molar-refractivity contribution in [1.82, 2.24) is 14.5 Å². The van der Waals surface area contributed by atoms with Crippen molar-refractivity contribution in [2.45, 2.75) is 51.0 Å². The summed E-state index contributed by atoms with van der Waals surface area (Å²) < 4.78 is 27.2. The normalized spacial score (nSPS) is 17.2. The van der Waals surface area contributed by atoms with E-state index in [0.717, 1.165) is 12.0 Å². The first-order valence-corrected chi connectivity index (χ1v) is 10.2. The summed E-state index contributed by atoms with van der Waals surface area (Å²) >= 11 is 0. The van der Waals surface area contributed by atoms with Gasteiger partial charge in [0.2, 0.25) is 10.0 Å². The molecule has 2 amide bonds. The van der Waals surface area contributed by atoms with Gasteiger partial charge in [0.25, 0.3) is 0 Å². The molecule has 1 aromatic rings. The molecule has 7 heteroatoms. The summed E-state index contributed by atoms with van der Waals surface area (Å²) in [6, 6.07) is 6.91. The van der Waals surface area contributed by atoms with E-state index in [4.69, 9.17) is 0 Å². The summed E-state index contributed by atoms with van der Waals surface area (Å²) in [5, 5.41) is 2.93. The van der Waals surface area contributed by atoms with Crippen LogP contribution >= 0.6 is 0 Å². The Morgan fingerprint density at radius 1 is 1.08 bits per heavy atom. The van der Waals surface area contributed by atoms with Crippen molar-refractivity contribution in [3.8, 4) is 0 Å². The first-order chi connectivity index (χ1) is 11.6. The molecule has 1 saturated heterocycles. The molecule has 1 aliphatic rings. The highest BCUT2D eigenvalue weighted by Gasteiger charge is 2.29. The van der Waals surface area contributed by atoms with Gasteiger partial charge in [-0.2, -0.15) is 4.31 Å². The van der Waals surface area contributed by atoms with Gasteiger partial charge in [0, 0.05) is 31.7 Å². The predicted molar refractivity (Wildman–Crippen MR) is 99.1 cm³/mol. The molecule has 1 heterocycles. The van der Waals surface area contributed by atoms with Crippen LogP contribution in [0.15, 0.2) is 29.2 Å². The molecule has 1 N–H and O–H groups in total. The molecule has 1 fully saturated rings. The SMILES string of the molecule is CCc1ccc(S(=O)(=O)N2CCCN(C(=O)NC(C)(C)C)CC2)cc1. The second-order valence-electron chi connectivity index (χ2n) is 7.42. The average Bonchev–Trinajstić information content (AvgIpc) is 2.80. The molecule has 25 heavy (non-hydrogen) atoms. The van der Waals surface area contributed by atoms with E-state index < -0.39 is 10.0 Å². The van der Waals surface area contributed by atoms with Crippen LogP contribution in [0.25, 0.3) is 0 Å². The fourth-order valence-electron chi connectivity index (χ4n) is 2.78. The van der Waals surface area contributed by atoms with Gasteiger partial charge in [-0.05, 0) is 51.3 Å². The predicted octanol–water partition coefficient (Wildman–Crippen LogP) is 2.45. The van der Waals surface area contributed by atoms with Crippen LogP contribution in [0, 0.1) is 0 Å². The van der Waals surface area contributed by atoms with Crippen molar-refractivity contribution < 1.29 is 13.2 Å². The molecular formula is C18H29N3O3S. The van der Waals surface area contributed by atoms with Crippen LogP contribution < -0.4 is 5.32 Å². The van der Waals surface area contributed by atoms with Crippen LogP contribution in [0.1, 0.15) is 39.7 Å². The van der Waals surface area contributed by atoms with Gasteiger partial charge in [-0.25, -0.2) is 13.2 Å². The highest BCUT2D eigenvalue weighted by Crippen LogP contribution is 2.19. The van der Waals surface area contributed by atoms with Gasteiger partial charge in [0.05, 0.1) is 4.90 Å². The summed E-state index contributed by atoms with van der Waals surface area (Å²) in [5.74, 6) is 0. The molecule has 1 aliphatic heterocycles. The van der Waals surface area contributed by atoms with Crippen LogP contribution in [0.4, 0.5) is 4.79 Å². The van der Waals surface area contributed by atoms with Crippen LogP contribution in [-0.2, 0) is 16.4 Å². The maximum absolute atomic E-state index is 12.9. The molecule has 0 radical (unpaired) electrons. The number of benzene rings is 1. The molecule has 140 valence electrons. The van der Waals surface area contributed by atoms with Gasteiger partial charge < -0.3 is 10.2 Å². The molecule has 0 aliphatic carbocycles. The lowest BCUT2D eigenvalue weighted by Gasteiger charge is -2.27. The number of aryl methyl sites for hydroxylation is 1. The Bertz CT molecular complexity index is 693. The molecule has 0 aromatic heterocycles. The van der Waals surface area contributed by atoms with E-state index in [1.165, 1.54) is 4.31 Å². The van der Waals surface area contributed by atoms with Gasteiger partial charge >= 0.3 is 6.03 Å².